The molecule has 0 bridgehead atoms. The number of nitrogens with one attached hydrogen (secondary N) is 1. The zero-order chi connectivity index (χ0) is 9.38. The monoisotopic (exact) mass is 192 g/mol. The minimum atomic E-state index is 0.932. The molecular formula is C12H20N2. The average Bonchev–Trinajstić information content (AvgIpc) is 2.78. The summed E-state index contributed by atoms with van der Waals surface area (Å²) >= 11 is 0. The fourth-order valence-electron chi connectivity index (χ4n) is 3.29. The summed E-state index contributed by atoms with van der Waals surface area (Å²) in [5.41, 5.74) is 0. The molecule has 0 saturated carbocycles. The van der Waals surface area contributed by atoms with Gasteiger partial charge in [-0.1, -0.05) is 12.2 Å². The summed E-state index contributed by atoms with van der Waals surface area (Å²) in [6, 6.07) is 0. The van der Waals surface area contributed by atoms with E-state index < -0.39 is 0 Å². The predicted molar refractivity (Wildman–Crippen MR) is 58.2 cm³/mol. The first kappa shape index (κ1) is 8.93. The molecule has 78 valence electrons. The van der Waals surface area contributed by atoms with Gasteiger partial charge < -0.3 is 10.2 Å². The molecule has 2 nitrogen and oxygen atoms in total. The van der Waals surface area contributed by atoms with Gasteiger partial charge in [-0.25, -0.2) is 0 Å². The van der Waals surface area contributed by atoms with Crippen LogP contribution in [0.3, 0.4) is 0 Å². The standard InChI is InChI=1S/C12H20N2/c1-2-4-10(3-1)7-14-8-11-5-13-6-12(11)9-14/h1-2,10-13H,3-9H2/t11-,12+. The molecule has 2 aliphatic heterocycles. The Hall–Kier alpha value is -0.340. The van der Waals surface area contributed by atoms with E-state index in [2.05, 4.69) is 22.4 Å². The molecule has 0 unspecified atom stereocenters. The summed E-state index contributed by atoms with van der Waals surface area (Å²) in [6.07, 6.45) is 7.35. The molecule has 3 aliphatic rings. The number of nitrogens with zero attached hydrogens (tertiary/aromatic N) is 1. The summed E-state index contributed by atoms with van der Waals surface area (Å²) in [7, 11) is 0. The molecule has 0 aromatic rings. The van der Waals surface area contributed by atoms with E-state index in [1.165, 1.54) is 45.6 Å². The summed E-state index contributed by atoms with van der Waals surface area (Å²) in [5.74, 6) is 2.86. The highest BCUT2D eigenvalue weighted by atomic mass is 15.2. The maximum atomic E-state index is 3.50. The topological polar surface area (TPSA) is 15.3 Å². The third-order valence-electron chi connectivity index (χ3n) is 4.09. The van der Waals surface area contributed by atoms with E-state index in [0.29, 0.717) is 0 Å². The van der Waals surface area contributed by atoms with Gasteiger partial charge in [-0.15, -0.1) is 0 Å². The van der Waals surface area contributed by atoms with Crippen molar-refractivity contribution in [2.75, 3.05) is 32.7 Å². The second-order valence-electron chi connectivity index (χ2n) is 5.21. The van der Waals surface area contributed by atoms with Crippen molar-refractivity contribution in [2.24, 2.45) is 17.8 Å². The van der Waals surface area contributed by atoms with Crippen LogP contribution < -0.4 is 5.32 Å². The second kappa shape index (κ2) is 3.67. The largest absolute Gasteiger partial charge is 0.316 e. The van der Waals surface area contributed by atoms with Crippen LogP contribution in [0.1, 0.15) is 12.8 Å². The molecule has 3 rings (SSSR count). The molecule has 0 amide bonds. The van der Waals surface area contributed by atoms with E-state index in [9.17, 15) is 0 Å². The van der Waals surface area contributed by atoms with Crippen molar-refractivity contribution in [3.8, 4) is 0 Å². The molecule has 0 radical (unpaired) electrons. The molecule has 14 heavy (non-hydrogen) atoms. The first-order valence-corrected chi connectivity index (χ1v) is 6.00. The van der Waals surface area contributed by atoms with Crippen LogP contribution in [0.15, 0.2) is 12.2 Å². The van der Waals surface area contributed by atoms with Crippen molar-refractivity contribution < 1.29 is 0 Å². The molecule has 2 saturated heterocycles. The van der Waals surface area contributed by atoms with Crippen LogP contribution in [0, 0.1) is 17.8 Å². The van der Waals surface area contributed by atoms with E-state index in [0.717, 1.165) is 17.8 Å². The van der Waals surface area contributed by atoms with Gasteiger partial charge >= 0.3 is 0 Å². The van der Waals surface area contributed by atoms with Crippen molar-refractivity contribution in [2.45, 2.75) is 12.8 Å². The first-order chi connectivity index (χ1) is 6.92. The van der Waals surface area contributed by atoms with Gasteiger partial charge in [-0.3, -0.25) is 0 Å². The van der Waals surface area contributed by atoms with Crippen LogP contribution in [0.25, 0.3) is 0 Å². The van der Waals surface area contributed by atoms with Gasteiger partial charge in [0.25, 0.3) is 0 Å². The van der Waals surface area contributed by atoms with E-state index in [-0.39, 0.29) is 0 Å². The Morgan fingerprint density at radius 3 is 2.36 bits per heavy atom. The highest BCUT2D eigenvalue weighted by Crippen LogP contribution is 2.28. The number of fused-ring (bicyclic) bond motifs is 1. The van der Waals surface area contributed by atoms with Crippen LogP contribution in [0.2, 0.25) is 0 Å². The highest BCUT2D eigenvalue weighted by Gasteiger charge is 2.36. The summed E-state index contributed by atoms with van der Waals surface area (Å²) in [4.78, 5) is 2.70. The predicted octanol–water partition coefficient (Wildman–Crippen LogP) is 1.10. The lowest BCUT2D eigenvalue weighted by Crippen LogP contribution is -2.29. The Kier molecular flexibility index (Phi) is 2.34. The molecule has 0 spiro atoms. The Balaban J connectivity index is 1.51. The fraction of sp³-hybridized carbons (Fsp3) is 0.833. The Labute approximate surface area is 86.4 Å². The van der Waals surface area contributed by atoms with Gasteiger partial charge in [0.2, 0.25) is 0 Å². The van der Waals surface area contributed by atoms with Gasteiger partial charge in [-0.05, 0) is 43.7 Å². The molecule has 2 heteroatoms. The molecule has 2 atom stereocenters. The van der Waals surface area contributed by atoms with Crippen LogP contribution >= 0.6 is 0 Å². The minimum absolute atomic E-state index is 0.932. The van der Waals surface area contributed by atoms with Crippen LogP contribution in [-0.2, 0) is 0 Å². The van der Waals surface area contributed by atoms with Gasteiger partial charge in [-0.2, -0.15) is 0 Å². The van der Waals surface area contributed by atoms with Crippen molar-refractivity contribution in [1.29, 1.82) is 0 Å². The maximum absolute atomic E-state index is 3.50. The average molecular weight is 192 g/mol. The first-order valence-electron chi connectivity index (χ1n) is 6.00. The van der Waals surface area contributed by atoms with Gasteiger partial charge in [0.05, 0.1) is 0 Å². The van der Waals surface area contributed by atoms with Gasteiger partial charge in [0.1, 0.15) is 0 Å². The normalized spacial score (nSPS) is 38.3. The highest BCUT2D eigenvalue weighted by molar-refractivity contribution is 4.97. The third-order valence-corrected chi connectivity index (χ3v) is 4.09. The molecule has 1 aliphatic carbocycles. The Morgan fingerprint density at radius 1 is 1.07 bits per heavy atom. The quantitative estimate of drug-likeness (QED) is 0.659. The lowest BCUT2D eigenvalue weighted by Gasteiger charge is -2.20. The third kappa shape index (κ3) is 1.61. The molecule has 0 aromatic carbocycles. The summed E-state index contributed by atoms with van der Waals surface area (Å²) in [5, 5.41) is 3.50. The van der Waals surface area contributed by atoms with Gasteiger partial charge in [0.15, 0.2) is 0 Å². The zero-order valence-corrected chi connectivity index (χ0v) is 8.78. The van der Waals surface area contributed by atoms with E-state index in [1.807, 2.05) is 0 Å². The smallest absolute Gasteiger partial charge is 0.00257 e. The molecule has 2 heterocycles. The number of hydrogen-bond donors (Lipinski definition) is 1. The van der Waals surface area contributed by atoms with Crippen molar-refractivity contribution in [3.05, 3.63) is 12.2 Å². The van der Waals surface area contributed by atoms with Crippen LogP contribution in [0.4, 0.5) is 0 Å². The maximum Gasteiger partial charge on any atom is 0.00257 e. The lowest BCUT2D eigenvalue weighted by atomic mass is 10.0. The zero-order valence-electron chi connectivity index (χ0n) is 8.78. The SMILES string of the molecule is C1=CCC(CN2C[C@H]3CNC[C@H]3C2)C1. The summed E-state index contributed by atoms with van der Waals surface area (Å²) < 4.78 is 0. The number of likely N-dealkylation sites (tertiary alicyclic amines) is 1. The lowest BCUT2D eigenvalue weighted by molar-refractivity contribution is 0.266. The minimum Gasteiger partial charge on any atom is -0.316 e. The van der Waals surface area contributed by atoms with Crippen LogP contribution in [-0.4, -0.2) is 37.6 Å². The fourth-order valence-corrected chi connectivity index (χ4v) is 3.29. The van der Waals surface area contributed by atoms with E-state index >= 15 is 0 Å². The second-order valence-corrected chi connectivity index (χ2v) is 5.21. The summed E-state index contributed by atoms with van der Waals surface area (Å²) in [6.45, 7) is 6.59. The Morgan fingerprint density at radius 2 is 1.71 bits per heavy atom. The van der Waals surface area contributed by atoms with Crippen molar-refractivity contribution >= 4 is 0 Å². The van der Waals surface area contributed by atoms with E-state index in [4.69, 9.17) is 0 Å². The molecular weight excluding hydrogens is 172 g/mol. The van der Waals surface area contributed by atoms with Crippen molar-refractivity contribution in [1.82, 2.24) is 10.2 Å². The number of allylic oxidation sites excluding steroid dienone is 2. The van der Waals surface area contributed by atoms with Crippen molar-refractivity contribution in [3.63, 3.8) is 0 Å². The van der Waals surface area contributed by atoms with Gasteiger partial charge in [0, 0.05) is 19.6 Å². The van der Waals surface area contributed by atoms with E-state index in [1.54, 1.807) is 0 Å². The molecule has 2 fully saturated rings. The Bertz CT molecular complexity index is 216. The molecule has 0 aromatic heterocycles. The molecule has 1 N–H and O–H groups in total. The number of rotatable bonds is 2. The van der Waals surface area contributed by atoms with Crippen LogP contribution in [0.5, 0.6) is 0 Å². The number of hydrogen-bond acceptors (Lipinski definition) is 2.